The molecule has 0 unspecified atom stereocenters. The first-order valence-electron chi connectivity index (χ1n) is 8.76. The monoisotopic (exact) mass is 335 g/mol. The summed E-state index contributed by atoms with van der Waals surface area (Å²) in [5.74, 6) is 0.882. The van der Waals surface area contributed by atoms with Gasteiger partial charge in [-0.1, -0.05) is 23.8 Å². The number of pyridine rings is 1. The Balaban J connectivity index is 1.80. The fraction of sp³-hybridized carbons (Fsp3) is 0.318. The SMILES string of the molecule is Cc1cccc(OCCCn2c(=O)cc(C)c3cc(C)cc(C)c32)c1. The maximum Gasteiger partial charge on any atom is 0.251 e. The van der Waals surface area contributed by atoms with Gasteiger partial charge in [-0.2, -0.15) is 0 Å². The minimum Gasteiger partial charge on any atom is -0.494 e. The summed E-state index contributed by atoms with van der Waals surface area (Å²) in [6, 6.07) is 14.1. The lowest BCUT2D eigenvalue weighted by molar-refractivity contribution is 0.301. The number of hydrogen-bond donors (Lipinski definition) is 0. The Hall–Kier alpha value is -2.55. The maximum atomic E-state index is 12.5. The zero-order valence-corrected chi connectivity index (χ0v) is 15.4. The van der Waals surface area contributed by atoms with Crippen LogP contribution >= 0.6 is 0 Å². The van der Waals surface area contributed by atoms with Crippen molar-refractivity contribution < 1.29 is 4.74 Å². The summed E-state index contributed by atoms with van der Waals surface area (Å²) in [7, 11) is 0. The smallest absolute Gasteiger partial charge is 0.251 e. The Morgan fingerprint density at radius 1 is 0.920 bits per heavy atom. The van der Waals surface area contributed by atoms with Crippen molar-refractivity contribution in [1.29, 1.82) is 0 Å². The van der Waals surface area contributed by atoms with Gasteiger partial charge in [0.1, 0.15) is 5.75 Å². The third kappa shape index (κ3) is 3.76. The predicted octanol–water partition coefficient (Wildman–Crippen LogP) is 4.70. The van der Waals surface area contributed by atoms with Crippen LogP contribution in [0.5, 0.6) is 5.75 Å². The average molecular weight is 335 g/mol. The lowest BCUT2D eigenvalue weighted by atomic mass is 10.0. The van der Waals surface area contributed by atoms with Crippen LogP contribution in [0.25, 0.3) is 10.9 Å². The molecule has 1 aromatic heterocycles. The molecule has 130 valence electrons. The van der Waals surface area contributed by atoms with Gasteiger partial charge in [-0.3, -0.25) is 4.79 Å². The second kappa shape index (κ2) is 7.14. The highest BCUT2D eigenvalue weighted by molar-refractivity contribution is 5.86. The number of aryl methyl sites for hydroxylation is 5. The van der Waals surface area contributed by atoms with Gasteiger partial charge in [0.15, 0.2) is 0 Å². The van der Waals surface area contributed by atoms with Crippen LogP contribution in [0, 0.1) is 27.7 Å². The van der Waals surface area contributed by atoms with E-state index in [1.165, 1.54) is 11.1 Å². The van der Waals surface area contributed by atoms with E-state index in [9.17, 15) is 4.79 Å². The number of benzene rings is 2. The second-order valence-corrected chi connectivity index (χ2v) is 6.81. The standard InChI is InChI=1S/C22H25NO2/c1-15-7-5-8-19(12-15)25-10-6-9-23-21(24)14-17(3)20-13-16(2)11-18(4)22(20)23/h5,7-8,11-14H,6,9-10H2,1-4H3. The van der Waals surface area contributed by atoms with Gasteiger partial charge < -0.3 is 9.30 Å². The van der Waals surface area contributed by atoms with Crippen molar-refractivity contribution in [3.63, 3.8) is 0 Å². The van der Waals surface area contributed by atoms with Gasteiger partial charge in [-0.15, -0.1) is 0 Å². The van der Waals surface area contributed by atoms with E-state index in [4.69, 9.17) is 4.74 Å². The topological polar surface area (TPSA) is 31.2 Å². The van der Waals surface area contributed by atoms with Crippen LogP contribution in [0.1, 0.15) is 28.7 Å². The largest absolute Gasteiger partial charge is 0.494 e. The molecular weight excluding hydrogens is 310 g/mol. The van der Waals surface area contributed by atoms with Gasteiger partial charge >= 0.3 is 0 Å². The Morgan fingerprint density at radius 3 is 2.48 bits per heavy atom. The highest BCUT2D eigenvalue weighted by Crippen LogP contribution is 2.22. The second-order valence-electron chi connectivity index (χ2n) is 6.81. The fourth-order valence-corrected chi connectivity index (χ4v) is 3.41. The Kier molecular flexibility index (Phi) is 4.93. The lowest BCUT2D eigenvalue weighted by Crippen LogP contribution is -2.22. The van der Waals surface area contributed by atoms with Crippen molar-refractivity contribution >= 4 is 10.9 Å². The first-order chi connectivity index (χ1) is 12.0. The average Bonchev–Trinajstić information content (AvgIpc) is 2.54. The highest BCUT2D eigenvalue weighted by atomic mass is 16.5. The minimum atomic E-state index is 0.0625. The van der Waals surface area contributed by atoms with Crippen molar-refractivity contribution in [2.45, 2.75) is 40.7 Å². The normalized spacial score (nSPS) is 11.0. The van der Waals surface area contributed by atoms with Crippen molar-refractivity contribution in [2.24, 2.45) is 0 Å². The Morgan fingerprint density at radius 2 is 1.72 bits per heavy atom. The third-order valence-corrected chi connectivity index (χ3v) is 4.53. The molecule has 25 heavy (non-hydrogen) atoms. The van der Waals surface area contributed by atoms with Gasteiger partial charge in [0, 0.05) is 18.0 Å². The molecule has 0 aliphatic carbocycles. The van der Waals surface area contributed by atoms with Gasteiger partial charge in [0.05, 0.1) is 12.1 Å². The molecule has 0 N–H and O–H groups in total. The van der Waals surface area contributed by atoms with Crippen LogP contribution in [0.2, 0.25) is 0 Å². The van der Waals surface area contributed by atoms with Crippen LogP contribution in [0.4, 0.5) is 0 Å². The number of aromatic nitrogens is 1. The first-order valence-corrected chi connectivity index (χ1v) is 8.76. The van der Waals surface area contributed by atoms with E-state index in [0.29, 0.717) is 13.2 Å². The number of rotatable bonds is 5. The highest BCUT2D eigenvalue weighted by Gasteiger charge is 2.09. The van der Waals surface area contributed by atoms with Gasteiger partial charge in [0.2, 0.25) is 0 Å². The van der Waals surface area contributed by atoms with E-state index >= 15 is 0 Å². The van der Waals surface area contributed by atoms with Crippen molar-refractivity contribution in [3.8, 4) is 5.75 Å². The van der Waals surface area contributed by atoms with Crippen LogP contribution in [-0.2, 0) is 6.54 Å². The summed E-state index contributed by atoms with van der Waals surface area (Å²) in [5, 5.41) is 1.16. The van der Waals surface area contributed by atoms with E-state index in [1.54, 1.807) is 6.07 Å². The third-order valence-electron chi connectivity index (χ3n) is 4.53. The van der Waals surface area contributed by atoms with Gasteiger partial charge in [0.25, 0.3) is 5.56 Å². The molecule has 3 heteroatoms. The first kappa shape index (κ1) is 17.3. The van der Waals surface area contributed by atoms with Crippen LogP contribution < -0.4 is 10.3 Å². The quantitative estimate of drug-likeness (QED) is 0.633. The van der Waals surface area contributed by atoms with Crippen molar-refractivity contribution in [1.82, 2.24) is 4.57 Å². The van der Waals surface area contributed by atoms with Crippen LogP contribution in [-0.4, -0.2) is 11.2 Å². The van der Waals surface area contributed by atoms with Gasteiger partial charge in [-0.25, -0.2) is 0 Å². The summed E-state index contributed by atoms with van der Waals surface area (Å²) in [5.41, 5.74) is 5.71. The molecule has 2 aromatic carbocycles. The minimum absolute atomic E-state index is 0.0625. The molecule has 0 atom stereocenters. The summed E-state index contributed by atoms with van der Waals surface area (Å²) >= 11 is 0. The van der Waals surface area contributed by atoms with Crippen LogP contribution in [0.3, 0.4) is 0 Å². The molecule has 3 nitrogen and oxygen atoms in total. The summed E-state index contributed by atoms with van der Waals surface area (Å²) in [4.78, 5) is 12.5. The van der Waals surface area contributed by atoms with E-state index in [0.717, 1.165) is 34.2 Å². The summed E-state index contributed by atoms with van der Waals surface area (Å²) in [6.45, 7) is 9.48. The Bertz CT molecular complexity index is 970. The molecule has 0 aliphatic rings. The fourth-order valence-electron chi connectivity index (χ4n) is 3.41. The van der Waals surface area contributed by atoms with E-state index < -0.39 is 0 Å². The predicted molar refractivity (Wildman–Crippen MR) is 104 cm³/mol. The molecular formula is C22H25NO2. The van der Waals surface area contributed by atoms with E-state index in [-0.39, 0.29) is 5.56 Å². The maximum absolute atomic E-state index is 12.5. The van der Waals surface area contributed by atoms with E-state index in [2.05, 4.69) is 39.0 Å². The molecule has 1 heterocycles. The van der Waals surface area contributed by atoms with Crippen LogP contribution in [0.15, 0.2) is 47.3 Å². The number of nitrogens with zero attached hydrogens (tertiary/aromatic N) is 1. The molecule has 0 saturated carbocycles. The Labute approximate surface area is 148 Å². The molecule has 0 aliphatic heterocycles. The number of ether oxygens (including phenoxy) is 1. The molecule has 0 saturated heterocycles. The zero-order chi connectivity index (χ0) is 18.0. The van der Waals surface area contributed by atoms with Gasteiger partial charge in [-0.05, 0) is 69.0 Å². The molecule has 3 rings (SSSR count). The molecule has 0 bridgehead atoms. The summed E-state index contributed by atoms with van der Waals surface area (Å²) < 4.78 is 7.70. The molecule has 0 amide bonds. The van der Waals surface area contributed by atoms with E-state index in [1.807, 2.05) is 29.7 Å². The molecule has 3 aromatic rings. The molecule has 0 radical (unpaired) electrons. The lowest BCUT2D eigenvalue weighted by Gasteiger charge is -2.15. The number of hydrogen-bond acceptors (Lipinski definition) is 2. The number of fused-ring (bicyclic) bond motifs is 1. The zero-order valence-electron chi connectivity index (χ0n) is 15.4. The van der Waals surface area contributed by atoms with Crippen molar-refractivity contribution in [2.75, 3.05) is 6.61 Å². The summed E-state index contributed by atoms with van der Waals surface area (Å²) in [6.07, 6.45) is 0.791. The molecule has 0 spiro atoms. The molecule has 0 fully saturated rings. The van der Waals surface area contributed by atoms with Crippen molar-refractivity contribution in [3.05, 3.63) is 75.1 Å².